The molecule has 3 rings (SSSR count). The number of oxime groups is 1. The number of terminal acetylenes is 1. The van der Waals surface area contributed by atoms with Gasteiger partial charge in [-0.25, -0.2) is 0 Å². The van der Waals surface area contributed by atoms with E-state index in [1.807, 2.05) is 30.3 Å². The molecule has 1 fully saturated rings. The number of nitrogens with zero attached hydrogens (tertiary/aromatic N) is 1. The third-order valence-corrected chi connectivity index (χ3v) is 3.68. The molecular weight excluding hydrogens is 282 g/mol. The van der Waals surface area contributed by atoms with Crippen molar-refractivity contribution in [1.29, 1.82) is 0 Å². The lowest BCUT2D eigenvalue weighted by Crippen LogP contribution is -2.44. The largest absolute Gasteiger partial charge is 0.388 e. The lowest BCUT2D eigenvalue weighted by Gasteiger charge is -2.31. The second-order valence-electron chi connectivity index (χ2n) is 5.36. The summed E-state index contributed by atoms with van der Waals surface area (Å²) in [4.78, 5) is 5.28. The quantitative estimate of drug-likeness (QED) is 0.778. The van der Waals surface area contributed by atoms with Gasteiger partial charge in [0, 0.05) is 6.42 Å². The number of ether oxygens (including phenoxy) is 3. The van der Waals surface area contributed by atoms with Crippen LogP contribution in [0.25, 0.3) is 0 Å². The van der Waals surface area contributed by atoms with E-state index < -0.39 is 0 Å². The van der Waals surface area contributed by atoms with Gasteiger partial charge in [0.2, 0.25) is 0 Å². The highest BCUT2D eigenvalue weighted by atomic mass is 16.7. The van der Waals surface area contributed by atoms with Crippen LogP contribution in [0.1, 0.15) is 12.0 Å². The van der Waals surface area contributed by atoms with E-state index in [1.54, 1.807) is 0 Å². The fraction of sp³-hybridized carbons (Fsp3) is 0.471. The first-order valence-corrected chi connectivity index (χ1v) is 7.39. The first kappa shape index (κ1) is 15.0. The van der Waals surface area contributed by atoms with Gasteiger partial charge in [-0.2, -0.15) is 0 Å². The van der Waals surface area contributed by atoms with E-state index >= 15 is 0 Å². The molecule has 1 saturated heterocycles. The molecule has 0 N–H and O–H groups in total. The molecule has 0 aromatic heterocycles. The molecule has 0 spiro atoms. The Bertz CT molecular complexity index is 544. The second kappa shape index (κ2) is 7.41. The minimum Gasteiger partial charge on any atom is -0.388 e. The van der Waals surface area contributed by atoms with Gasteiger partial charge in [0.15, 0.2) is 6.10 Å². The van der Waals surface area contributed by atoms with E-state index in [9.17, 15) is 0 Å². The van der Waals surface area contributed by atoms with E-state index in [2.05, 4.69) is 11.1 Å². The predicted molar refractivity (Wildman–Crippen MR) is 81.3 cm³/mol. The van der Waals surface area contributed by atoms with Gasteiger partial charge in [-0.15, -0.1) is 6.42 Å². The second-order valence-corrected chi connectivity index (χ2v) is 5.36. The van der Waals surface area contributed by atoms with Crippen molar-refractivity contribution < 1.29 is 19.0 Å². The molecular formula is C17H19NO4. The van der Waals surface area contributed by atoms with Gasteiger partial charge in [-0.05, 0) is 5.56 Å². The van der Waals surface area contributed by atoms with Crippen molar-refractivity contribution in [3.05, 3.63) is 35.9 Å². The van der Waals surface area contributed by atoms with E-state index in [4.69, 9.17) is 25.5 Å². The molecule has 22 heavy (non-hydrogen) atoms. The summed E-state index contributed by atoms with van der Waals surface area (Å²) in [5, 5.41) is 3.83. The van der Waals surface area contributed by atoms with Crippen molar-refractivity contribution in [2.75, 3.05) is 19.8 Å². The Hall–Kier alpha value is -1.87. The number of hydrogen-bond acceptors (Lipinski definition) is 5. The van der Waals surface area contributed by atoms with Crippen LogP contribution >= 0.6 is 0 Å². The van der Waals surface area contributed by atoms with Crippen LogP contribution in [-0.2, 0) is 25.7 Å². The summed E-state index contributed by atoms with van der Waals surface area (Å²) in [5.41, 5.74) is 1.78. The molecule has 3 atom stereocenters. The maximum absolute atomic E-state index is 5.80. The standard InChI is InChI=1S/C17H19NO4/c1-2-14-8-16(22-18-14)17-12-20-15(11-21-17)10-19-9-13-6-4-3-5-7-13/h1,3-7,15-17H,8-12H2/t15-,16+,17-/m1/s1. The van der Waals surface area contributed by atoms with Crippen molar-refractivity contribution in [3.8, 4) is 12.3 Å². The SMILES string of the molecule is C#CC1=NO[C@H]([C@H]2CO[C@H](COCc3ccccc3)CO2)C1. The van der Waals surface area contributed by atoms with Gasteiger partial charge in [-0.1, -0.05) is 41.4 Å². The normalized spacial score (nSPS) is 27.8. The minimum atomic E-state index is -0.141. The molecule has 0 aliphatic carbocycles. The summed E-state index contributed by atoms with van der Waals surface area (Å²) in [6.45, 7) is 2.05. The predicted octanol–water partition coefficient (Wildman–Crippen LogP) is 1.77. The summed E-state index contributed by atoms with van der Waals surface area (Å²) < 4.78 is 17.2. The summed E-state index contributed by atoms with van der Waals surface area (Å²) in [6, 6.07) is 10.1. The first-order chi connectivity index (χ1) is 10.8. The van der Waals surface area contributed by atoms with Crippen molar-refractivity contribution >= 4 is 5.71 Å². The molecule has 0 saturated carbocycles. The highest BCUT2D eigenvalue weighted by molar-refractivity contribution is 6.00. The van der Waals surface area contributed by atoms with E-state index in [0.29, 0.717) is 38.6 Å². The van der Waals surface area contributed by atoms with Gasteiger partial charge in [0.1, 0.15) is 17.9 Å². The molecule has 2 aliphatic rings. The third kappa shape index (κ3) is 3.86. The average molecular weight is 301 g/mol. The third-order valence-electron chi connectivity index (χ3n) is 3.68. The van der Waals surface area contributed by atoms with Crippen molar-refractivity contribution in [2.45, 2.75) is 31.3 Å². The van der Waals surface area contributed by atoms with Crippen LogP contribution in [-0.4, -0.2) is 43.8 Å². The summed E-state index contributed by atoms with van der Waals surface area (Å²) in [7, 11) is 0. The summed E-state index contributed by atoms with van der Waals surface area (Å²) in [6.07, 6.45) is 5.60. The molecule has 2 heterocycles. The van der Waals surface area contributed by atoms with Crippen molar-refractivity contribution in [1.82, 2.24) is 0 Å². The molecule has 5 nitrogen and oxygen atoms in total. The number of rotatable bonds is 5. The Morgan fingerprint density at radius 2 is 2.05 bits per heavy atom. The van der Waals surface area contributed by atoms with E-state index in [-0.39, 0.29) is 18.3 Å². The maximum Gasteiger partial charge on any atom is 0.162 e. The molecule has 2 aliphatic heterocycles. The van der Waals surface area contributed by atoms with Crippen LogP contribution in [0.3, 0.4) is 0 Å². The smallest absolute Gasteiger partial charge is 0.162 e. The Morgan fingerprint density at radius 1 is 1.18 bits per heavy atom. The molecule has 1 aromatic rings. The zero-order valence-electron chi connectivity index (χ0n) is 12.3. The van der Waals surface area contributed by atoms with Crippen molar-refractivity contribution in [2.24, 2.45) is 5.16 Å². The maximum atomic E-state index is 5.80. The van der Waals surface area contributed by atoms with Crippen LogP contribution in [0.2, 0.25) is 0 Å². The van der Waals surface area contributed by atoms with E-state index in [1.165, 1.54) is 0 Å². The van der Waals surface area contributed by atoms with Crippen LogP contribution in [0.4, 0.5) is 0 Å². The zero-order chi connectivity index (χ0) is 15.2. The molecule has 0 unspecified atom stereocenters. The Labute approximate surface area is 130 Å². The van der Waals surface area contributed by atoms with Gasteiger partial charge >= 0.3 is 0 Å². The molecule has 116 valence electrons. The average Bonchev–Trinajstić information content (AvgIpc) is 3.06. The van der Waals surface area contributed by atoms with Crippen LogP contribution in [0.15, 0.2) is 35.5 Å². The molecule has 0 radical (unpaired) electrons. The Morgan fingerprint density at radius 3 is 2.73 bits per heavy atom. The first-order valence-electron chi connectivity index (χ1n) is 7.39. The molecule has 5 heteroatoms. The molecule has 0 amide bonds. The van der Waals surface area contributed by atoms with E-state index in [0.717, 1.165) is 5.56 Å². The molecule has 0 bridgehead atoms. The van der Waals surface area contributed by atoms with Crippen LogP contribution in [0, 0.1) is 12.3 Å². The summed E-state index contributed by atoms with van der Waals surface area (Å²) in [5.74, 6) is 2.49. The number of hydrogen-bond donors (Lipinski definition) is 0. The highest BCUT2D eigenvalue weighted by Crippen LogP contribution is 2.20. The Balaban J connectivity index is 1.35. The topological polar surface area (TPSA) is 49.3 Å². The monoisotopic (exact) mass is 301 g/mol. The number of benzene rings is 1. The van der Waals surface area contributed by atoms with Crippen LogP contribution in [0.5, 0.6) is 0 Å². The van der Waals surface area contributed by atoms with Crippen LogP contribution < -0.4 is 0 Å². The highest BCUT2D eigenvalue weighted by Gasteiger charge is 2.34. The molecule has 1 aromatic carbocycles. The zero-order valence-corrected chi connectivity index (χ0v) is 12.3. The van der Waals surface area contributed by atoms with Crippen molar-refractivity contribution in [3.63, 3.8) is 0 Å². The van der Waals surface area contributed by atoms with Gasteiger partial charge in [0.25, 0.3) is 0 Å². The van der Waals surface area contributed by atoms with Gasteiger partial charge in [0.05, 0.1) is 26.4 Å². The summed E-state index contributed by atoms with van der Waals surface area (Å²) >= 11 is 0. The minimum absolute atomic E-state index is 0.0469. The Kier molecular flexibility index (Phi) is 5.07. The van der Waals surface area contributed by atoms with Gasteiger partial charge in [-0.3, -0.25) is 0 Å². The van der Waals surface area contributed by atoms with Gasteiger partial charge < -0.3 is 19.0 Å². The lowest BCUT2D eigenvalue weighted by atomic mass is 10.1. The lowest BCUT2D eigenvalue weighted by molar-refractivity contribution is -0.183. The fourth-order valence-electron chi connectivity index (χ4n) is 2.43. The fourth-order valence-corrected chi connectivity index (χ4v) is 2.43.